The summed E-state index contributed by atoms with van der Waals surface area (Å²) in [5, 5.41) is 0. The fourth-order valence-electron chi connectivity index (χ4n) is 3.24. The summed E-state index contributed by atoms with van der Waals surface area (Å²) in [6.45, 7) is 0. The second kappa shape index (κ2) is 6.92. The van der Waals surface area contributed by atoms with Crippen molar-refractivity contribution in [2.45, 2.75) is 58.8 Å². The number of aryl methyl sites for hydroxylation is 4. The molecule has 4 rings (SSSR count). The monoisotopic (exact) mass is 288 g/mol. The average molecular weight is 288 g/mol. The molecular weight excluding hydrogens is 260 g/mol. The van der Waals surface area contributed by atoms with Crippen LogP contribution in [-0.4, -0.2) is 19.1 Å². The summed E-state index contributed by atoms with van der Waals surface area (Å²) in [6.07, 6.45) is 14.0. The first-order valence-electron chi connectivity index (χ1n) is 7.74. The molecule has 0 radical (unpaired) electrons. The van der Waals surface area contributed by atoms with Crippen molar-refractivity contribution in [1.29, 1.82) is 0 Å². The van der Waals surface area contributed by atoms with Crippen molar-refractivity contribution < 1.29 is 0 Å². The summed E-state index contributed by atoms with van der Waals surface area (Å²) in [7, 11) is 4.16. The van der Waals surface area contributed by atoms with Gasteiger partial charge in [-0.25, -0.2) is 9.97 Å². The molecule has 2 heterocycles. The molecule has 0 spiro atoms. The Balaban J connectivity index is 0.000000147. The van der Waals surface area contributed by atoms with Crippen LogP contribution in [0.1, 0.15) is 55.9 Å². The van der Waals surface area contributed by atoms with E-state index in [4.69, 9.17) is 0 Å². The van der Waals surface area contributed by atoms with E-state index < -0.39 is 0 Å². The minimum absolute atomic E-state index is 0. The van der Waals surface area contributed by atoms with Crippen LogP contribution in [0.15, 0.2) is 12.7 Å². The van der Waals surface area contributed by atoms with Crippen LogP contribution < -0.4 is 0 Å². The summed E-state index contributed by atoms with van der Waals surface area (Å²) in [5.74, 6) is 0. The number of hydrogen-bond acceptors (Lipinski definition) is 2. The predicted molar refractivity (Wildman–Crippen MR) is 86.4 cm³/mol. The Hall–Kier alpha value is -1.58. The number of hydrogen-bond donors (Lipinski definition) is 0. The van der Waals surface area contributed by atoms with Gasteiger partial charge in [0.15, 0.2) is 0 Å². The van der Waals surface area contributed by atoms with E-state index in [9.17, 15) is 0 Å². The lowest BCUT2D eigenvalue weighted by molar-refractivity contribution is 0.643. The molecule has 2 aliphatic rings. The lowest BCUT2D eigenvalue weighted by Gasteiger charge is -2.10. The minimum atomic E-state index is 0. The smallest absolute Gasteiger partial charge is 0.0949 e. The third-order valence-corrected chi connectivity index (χ3v) is 4.45. The van der Waals surface area contributed by atoms with Gasteiger partial charge < -0.3 is 9.13 Å². The molecule has 21 heavy (non-hydrogen) atoms. The van der Waals surface area contributed by atoms with Crippen LogP contribution in [-0.2, 0) is 39.8 Å². The zero-order chi connectivity index (χ0) is 13.9. The summed E-state index contributed by atoms with van der Waals surface area (Å²) < 4.78 is 4.29. The van der Waals surface area contributed by atoms with Crippen LogP contribution in [0.5, 0.6) is 0 Å². The third kappa shape index (κ3) is 3.36. The Morgan fingerprint density at radius 3 is 1.48 bits per heavy atom. The summed E-state index contributed by atoms with van der Waals surface area (Å²) >= 11 is 0. The molecular formula is C17H28N4. The van der Waals surface area contributed by atoms with Crippen LogP contribution in [0.3, 0.4) is 0 Å². The molecule has 0 aromatic carbocycles. The predicted octanol–water partition coefficient (Wildman–Crippen LogP) is 3.23. The molecule has 4 heteroatoms. The average Bonchev–Trinajstić information content (AvgIpc) is 3.05. The topological polar surface area (TPSA) is 35.6 Å². The molecule has 0 atom stereocenters. The molecule has 0 N–H and O–H groups in total. The Labute approximate surface area is 128 Å². The van der Waals surface area contributed by atoms with Gasteiger partial charge in [-0.15, -0.1) is 0 Å². The van der Waals surface area contributed by atoms with Gasteiger partial charge in [0.05, 0.1) is 24.0 Å². The van der Waals surface area contributed by atoms with E-state index in [2.05, 4.69) is 33.2 Å². The molecule has 0 saturated carbocycles. The fraction of sp³-hybridized carbons (Fsp3) is 0.647. The van der Waals surface area contributed by atoms with Gasteiger partial charge in [-0.1, -0.05) is 7.43 Å². The van der Waals surface area contributed by atoms with Crippen LogP contribution in [0.4, 0.5) is 0 Å². The molecule has 2 aliphatic carbocycles. The largest absolute Gasteiger partial charge is 0.337 e. The Kier molecular flexibility index (Phi) is 5.21. The van der Waals surface area contributed by atoms with E-state index in [0.29, 0.717) is 0 Å². The van der Waals surface area contributed by atoms with Crippen molar-refractivity contribution in [3.8, 4) is 0 Å². The maximum atomic E-state index is 4.32. The number of aromatic nitrogens is 4. The minimum Gasteiger partial charge on any atom is -0.337 e. The highest BCUT2D eigenvalue weighted by Gasteiger charge is 2.13. The summed E-state index contributed by atoms with van der Waals surface area (Å²) in [4.78, 5) is 8.64. The second-order valence-electron chi connectivity index (χ2n) is 5.91. The van der Waals surface area contributed by atoms with Crippen molar-refractivity contribution >= 4 is 0 Å². The molecule has 0 fully saturated rings. The summed E-state index contributed by atoms with van der Waals surface area (Å²) in [5.41, 5.74) is 5.56. The van der Waals surface area contributed by atoms with Crippen molar-refractivity contribution in [3.63, 3.8) is 0 Å². The van der Waals surface area contributed by atoms with Crippen LogP contribution in [0.25, 0.3) is 0 Å². The van der Waals surface area contributed by atoms with E-state index in [-0.39, 0.29) is 7.43 Å². The highest BCUT2D eigenvalue weighted by Crippen LogP contribution is 2.19. The second-order valence-corrected chi connectivity index (χ2v) is 5.91. The zero-order valence-corrected chi connectivity index (χ0v) is 12.6. The lowest BCUT2D eigenvalue weighted by atomic mass is 10.0. The molecule has 0 amide bonds. The van der Waals surface area contributed by atoms with Gasteiger partial charge in [0.1, 0.15) is 0 Å². The highest BCUT2D eigenvalue weighted by molar-refractivity contribution is 5.16. The van der Waals surface area contributed by atoms with E-state index >= 15 is 0 Å². The molecule has 2 aromatic rings. The number of nitrogens with zero attached hydrogens (tertiary/aromatic N) is 4. The molecule has 0 unspecified atom stereocenters. The first kappa shape index (κ1) is 15.8. The van der Waals surface area contributed by atoms with Gasteiger partial charge >= 0.3 is 0 Å². The van der Waals surface area contributed by atoms with E-state index in [1.54, 1.807) is 0 Å². The third-order valence-electron chi connectivity index (χ3n) is 4.45. The van der Waals surface area contributed by atoms with Gasteiger partial charge in [0.25, 0.3) is 0 Å². The Bertz CT molecular complexity index is 527. The number of rotatable bonds is 0. The lowest BCUT2D eigenvalue weighted by Crippen LogP contribution is -2.04. The Morgan fingerprint density at radius 1 is 0.714 bits per heavy atom. The summed E-state index contributed by atoms with van der Waals surface area (Å²) in [6, 6.07) is 0. The molecule has 4 nitrogen and oxygen atoms in total. The fourth-order valence-corrected chi connectivity index (χ4v) is 3.24. The number of fused-ring (bicyclic) bond motifs is 2. The first-order valence-corrected chi connectivity index (χ1v) is 7.74. The van der Waals surface area contributed by atoms with Gasteiger partial charge in [-0.05, 0) is 51.4 Å². The van der Waals surface area contributed by atoms with Gasteiger partial charge in [0.2, 0.25) is 0 Å². The van der Waals surface area contributed by atoms with Crippen LogP contribution in [0, 0.1) is 0 Å². The first-order chi connectivity index (χ1) is 9.75. The Morgan fingerprint density at radius 2 is 1.10 bits per heavy atom. The highest BCUT2D eigenvalue weighted by atomic mass is 15.0. The maximum Gasteiger partial charge on any atom is 0.0949 e. The SMILES string of the molecule is C.Cn1cnc2c1CCCC2.Cn1cnc2c1CCCC2. The molecule has 116 valence electrons. The van der Waals surface area contributed by atoms with E-state index in [1.165, 1.54) is 74.1 Å². The van der Waals surface area contributed by atoms with E-state index in [0.717, 1.165) is 0 Å². The molecule has 0 saturated heterocycles. The molecule has 0 aliphatic heterocycles. The normalized spacial score (nSPS) is 16.1. The van der Waals surface area contributed by atoms with Crippen molar-refractivity contribution in [1.82, 2.24) is 19.1 Å². The van der Waals surface area contributed by atoms with E-state index in [1.807, 2.05) is 12.7 Å². The molecule has 0 bridgehead atoms. The number of imidazole rings is 2. The van der Waals surface area contributed by atoms with Gasteiger partial charge in [-0.3, -0.25) is 0 Å². The van der Waals surface area contributed by atoms with Crippen molar-refractivity contribution in [2.24, 2.45) is 14.1 Å². The zero-order valence-electron chi connectivity index (χ0n) is 12.6. The van der Waals surface area contributed by atoms with Crippen molar-refractivity contribution in [2.75, 3.05) is 0 Å². The van der Waals surface area contributed by atoms with Crippen LogP contribution >= 0.6 is 0 Å². The van der Waals surface area contributed by atoms with Gasteiger partial charge in [-0.2, -0.15) is 0 Å². The quantitative estimate of drug-likeness (QED) is 0.746. The van der Waals surface area contributed by atoms with Crippen molar-refractivity contribution in [3.05, 3.63) is 35.4 Å². The molecule has 2 aromatic heterocycles. The maximum absolute atomic E-state index is 4.32. The van der Waals surface area contributed by atoms with Gasteiger partial charge in [0, 0.05) is 25.5 Å². The standard InChI is InChI=1S/2C8H12N2.CH4/c2*1-10-6-9-7-4-2-3-5-8(7)10;/h2*6H,2-5H2,1H3;1H4. The van der Waals surface area contributed by atoms with Crippen LogP contribution in [0.2, 0.25) is 0 Å².